The van der Waals surface area contributed by atoms with E-state index in [0.717, 1.165) is 5.56 Å². The van der Waals surface area contributed by atoms with E-state index in [9.17, 15) is 14.4 Å². The van der Waals surface area contributed by atoms with Crippen molar-refractivity contribution in [3.8, 4) is 5.75 Å². The third-order valence-corrected chi connectivity index (χ3v) is 3.65. The number of carbonyl (C=O) groups is 3. The molecule has 0 bridgehead atoms. The Labute approximate surface area is 157 Å². The van der Waals surface area contributed by atoms with Gasteiger partial charge in [-0.2, -0.15) is 0 Å². The van der Waals surface area contributed by atoms with E-state index in [4.69, 9.17) is 15.2 Å². The van der Waals surface area contributed by atoms with E-state index >= 15 is 0 Å². The number of para-hydroxylation sites is 1. The lowest BCUT2D eigenvalue weighted by molar-refractivity contribution is -0.149. The molecule has 0 aliphatic heterocycles. The SMILES string of the molecule is Cc1cccc(OCC(=O)OCC(=O)N(CCC(N)=O)c2ccccc2)c1. The fourth-order valence-corrected chi connectivity index (χ4v) is 2.34. The second-order valence-corrected chi connectivity index (χ2v) is 5.86. The number of anilines is 1. The molecule has 0 aliphatic carbocycles. The highest BCUT2D eigenvalue weighted by Crippen LogP contribution is 2.14. The van der Waals surface area contributed by atoms with Crippen molar-refractivity contribution in [1.29, 1.82) is 0 Å². The number of hydrogen-bond donors (Lipinski definition) is 1. The monoisotopic (exact) mass is 370 g/mol. The summed E-state index contributed by atoms with van der Waals surface area (Å²) in [5.74, 6) is -1.09. The summed E-state index contributed by atoms with van der Waals surface area (Å²) in [7, 11) is 0. The van der Waals surface area contributed by atoms with Crippen molar-refractivity contribution in [3.63, 3.8) is 0 Å². The Kier molecular flexibility index (Phi) is 7.37. The minimum atomic E-state index is -0.659. The lowest BCUT2D eigenvalue weighted by Gasteiger charge is -2.22. The van der Waals surface area contributed by atoms with Gasteiger partial charge >= 0.3 is 5.97 Å². The van der Waals surface area contributed by atoms with Gasteiger partial charge in [-0.25, -0.2) is 4.79 Å². The minimum Gasteiger partial charge on any atom is -0.482 e. The maximum Gasteiger partial charge on any atom is 0.344 e. The van der Waals surface area contributed by atoms with Gasteiger partial charge in [0.05, 0.1) is 0 Å². The highest BCUT2D eigenvalue weighted by molar-refractivity contribution is 5.95. The summed E-state index contributed by atoms with van der Waals surface area (Å²) < 4.78 is 10.3. The Morgan fingerprint density at radius 1 is 1.00 bits per heavy atom. The molecule has 7 heteroatoms. The lowest BCUT2D eigenvalue weighted by atomic mass is 10.2. The first-order valence-electron chi connectivity index (χ1n) is 8.44. The lowest BCUT2D eigenvalue weighted by Crippen LogP contribution is -2.37. The van der Waals surface area contributed by atoms with Crippen LogP contribution in [-0.4, -0.2) is 37.5 Å². The van der Waals surface area contributed by atoms with Crippen molar-refractivity contribution in [2.45, 2.75) is 13.3 Å². The van der Waals surface area contributed by atoms with Crippen molar-refractivity contribution in [2.24, 2.45) is 5.73 Å². The molecule has 7 nitrogen and oxygen atoms in total. The Hall–Kier alpha value is -3.35. The molecular formula is C20H22N2O5. The smallest absolute Gasteiger partial charge is 0.344 e. The van der Waals surface area contributed by atoms with Crippen molar-refractivity contribution < 1.29 is 23.9 Å². The minimum absolute atomic E-state index is 0.00501. The van der Waals surface area contributed by atoms with E-state index in [-0.39, 0.29) is 19.6 Å². The van der Waals surface area contributed by atoms with Crippen LogP contribution in [0.1, 0.15) is 12.0 Å². The summed E-state index contributed by atoms with van der Waals surface area (Å²) in [6.45, 7) is 1.26. The highest BCUT2D eigenvalue weighted by Gasteiger charge is 2.18. The van der Waals surface area contributed by atoms with E-state index in [1.54, 1.807) is 36.4 Å². The van der Waals surface area contributed by atoms with Crippen LogP contribution in [0.3, 0.4) is 0 Å². The molecule has 0 aliphatic rings. The van der Waals surface area contributed by atoms with Crippen molar-refractivity contribution in [1.82, 2.24) is 0 Å². The van der Waals surface area contributed by atoms with Gasteiger partial charge in [0.25, 0.3) is 5.91 Å². The number of hydrogen-bond acceptors (Lipinski definition) is 5. The number of esters is 1. The second kappa shape index (κ2) is 9.96. The van der Waals surface area contributed by atoms with Crippen LogP contribution in [0, 0.1) is 6.92 Å². The molecule has 0 spiro atoms. The van der Waals surface area contributed by atoms with Gasteiger partial charge in [0.1, 0.15) is 5.75 Å². The molecule has 0 fully saturated rings. The van der Waals surface area contributed by atoms with E-state index in [2.05, 4.69) is 0 Å². The molecule has 2 amide bonds. The molecular weight excluding hydrogens is 348 g/mol. The van der Waals surface area contributed by atoms with Crippen molar-refractivity contribution in [2.75, 3.05) is 24.7 Å². The van der Waals surface area contributed by atoms with Gasteiger partial charge in [-0.3, -0.25) is 9.59 Å². The van der Waals surface area contributed by atoms with Crippen LogP contribution in [0.5, 0.6) is 5.75 Å². The first kappa shape index (κ1) is 20.0. The number of nitrogens with zero attached hydrogens (tertiary/aromatic N) is 1. The molecule has 2 N–H and O–H groups in total. The quantitative estimate of drug-likeness (QED) is 0.679. The fraction of sp³-hybridized carbons (Fsp3) is 0.250. The van der Waals surface area contributed by atoms with E-state index in [0.29, 0.717) is 11.4 Å². The number of aryl methyl sites for hydroxylation is 1. The van der Waals surface area contributed by atoms with Crippen LogP contribution < -0.4 is 15.4 Å². The summed E-state index contributed by atoms with van der Waals surface area (Å²) in [6, 6.07) is 16.0. The van der Waals surface area contributed by atoms with Gasteiger partial charge in [0.2, 0.25) is 5.91 Å². The molecule has 2 aromatic carbocycles. The number of carbonyl (C=O) groups excluding carboxylic acids is 3. The van der Waals surface area contributed by atoms with Crippen LogP contribution in [-0.2, 0) is 19.1 Å². The standard InChI is InChI=1S/C20H22N2O5/c1-15-6-5-9-17(12-15)26-14-20(25)27-13-19(24)22(11-10-18(21)23)16-7-3-2-4-8-16/h2-9,12H,10-11,13-14H2,1H3,(H2,21,23). The summed E-state index contributed by atoms with van der Waals surface area (Å²) in [6.07, 6.45) is 0.00501. The van der Waals surface area contributed by atoms with Gasteiger partial charge in [0, 0.05) is 18.7 Å². The number of amides is 2. The van der Waals surface area contributed by atoms with E-state index < -0.39 is 24.4 Å². The van der Waals surface area contributed by atoms with Crippen LogP contribution >= 0.6 is 0 Å². The van der Waals surface area contributed by atoms with Crippen molar-refractivity contribution in [3.05, 3.63) is 60.2 Å². The molecule has 0 atom stereocenters. The summed E-state index contributed by atoms with van der Waals surface area (Å²) in [4.78, 5) is 36.7. The van der Waals surface area contributed by atoms with Gasteiger partial charge in [-0.05, 0) is 36.8 Å². The van der Waals surface area contributed by atoms with E-state index in [1.165, 1.54) is 4.90 Å². The number of nitrogens with two attached hydrogens (primary N) is 1. The third kappa shape index (κ3) is 6.81. The zero-order valence-corrected chi connectivity index (χ0v) is 15.1. The largest absolute Gasteiger partial charge is 0.482 e. The Bertz CT molecular complexity index is 792. The number of benzene rings is 2. The maximum absolute atomic E-state index is 12.4. The van der Waals surface area contributed by atoms with Crippen LogP contribution in [0.15, 0.2) is 54.6 Å². The average Bonchev–Trinajstić information content (AvgIpc) is 2.65. The predicted octanol–water partition coefficient (Wildman–Crippen LogP) is 1.83. The molecule has 0 unspecified atom stereocenters. The third-order valence-electron chi connectivity index (χ3n) is 3.65. The number of ether oxygens (including phenoxy) is 2. The molecule has 2 rings (SSSR count). The first-order valence-corrected chi connectivity index (χ1v) is 8.44. The molecule has 27 heavy (non-hydrogen) atoms. The predicted molar refractivity (Wildman–Crippen MR) is 100 cm³/mol. The highest BCUT2D eigenvalue weighted by atomic mass is 16.6. The maximum atomic E-state index is 12.4. The topological polar surface area (TPSA) is 98.9 Å². The van der Waals surface area contributed by atoms with Crippen LogP contribution in [0.2, 0.25) is 0 Å². The number of primary amides is 1. The molecule has 0 saturated carbocycles. The summed E-state index contributed by atoms with van der Waals surface area (Å²) in [5.41, 5.74) is 6.76. The van der Waals surface area contributed by atoms with Crippen LogP contribution in [0.4, 0.5) is 5.69 Å². The normalized spacial score (nSPS) is 10.1. The van der Waals surface area contributed by atoms with Gasteiger partial charge in [-0.1, -0.05) is 30.3 Å². The van der Waals surface area contributed by atoms with Crippen molar-refractivity contribution >= 4 is 23.5 Å². The molecule has 0 aromatic heterocycles. The summed E-state index contributed by atoms with van der Waals surface area (Å²) in [5, 5.41) is 0. The molecule has 142 valence electrons. The molecule has 0 saturated heterocycles. The zero-order valence-electron chi connectivity index (χ0n) is 15.1. The summed E-state index contributed by atoms with van der Waals surface area (Å²) >= 11 is 0. The first-order chi connectivity index (χ1) is 13.0. The fourth-order valence-electron chi connectivity index (χ4n) is 2.34. The second-order valence-electron chi connectivity index (χ2n) is 5.86. The van der Waals surface area contributed by atoms with Gasteiger partial charge in [0.15, 0.2) is 13.2 Å². The zero-order chi connectivity index (χ0) is 19.6. The Morgan fingerprint density at radius 2 is 1.74 bits per heavy atom. The molecule has 0 heterocycles. The number of rotatable bonds is 9. The molecule has 2 aromatic rings. The van der Waals surface area contributed by atoms with Crippen LogP contribution in [0.25, 0.3) is 0 Å². The van der Waals surface area contributed by atoms with E-state index in [1.807, 2.05) is 25.1 Å². The molecule has 0 radical (unpaired) electrons. The average molecular weight is 370 g/mol. The Morgan fingerprint density at radius 3 is 2.41 bits per heavy atom. The van der Waals surface area contributed by atoms with Gasteiger partial charge < -0.3 is 20.1 Å². The van der Waals surface area contributed by atoms with Gasteiger partial charge in [-0.15, -0.1) is 0 Å². The Balaban J connectivity index is 1.88.